The van der Waals surface area contributed by atoms with Gasteiger partial charge in [0.25, 0.3) is 0 Å². The van der Waals surface area contributed by atoms with Crippen LogP contribution in [0.25, 0.3) is 0 Å². The minimum absolute atomic E-state index is 0. The first kappa shape index (κ1) is 21.1. The number of nitrogens with zero attached hydrogens (tertiary/aromatic N) is 4. The van der Waals surface area contributed by atoms with E-state index in [4.69, 9.17) is 0 Å². The van der Waals surface area contributed by atoms with Gasteiger partial charge in [0, 0.05) is 38.9 Å². The Morgan fingerprint density at radius 1 is 0.893 bits per heavy atom. The van der Waals surface area contributed by atoms with Crippen molar-refractivity contribution < 1.29 is 9.59 Å². The lowest BCUT2D eigenvalue weighted by atomic mass is 9.81. The molecule has 0 spiro atoms. The van der Waals surface area contributed by atoms with Crippen molar-refractivity contribution >= 4 is 30.0 Å². The summed E-state index contributed by atoms with van der Waals surface area (Å²) < 4.78 is 0. The molecular weight excluding hydrogens is 376 g/mol. The number of carbonyl (C=O) groups is 2. The van der Waals surface area contributed by atoms with Gasteiger partial charge in [0.05, 0.1) is 11.8 Å². The standard InChI is InChI=1S/C21H30N4O2.ClH/c26-20-17-7-1-2-8-18(17)21(27)25(20)12-6-5-11-23-13-15-24(16-14-23)19-9-3-4-10-22-19;/h3-4,9-10,17-18H,1-2,5-8,11-16H2;1H. The topological polar surface area (TPSA) is 56.8 Å². The third-order valence-electron chi connectivity index (χ3n) is 6.38. The van der Waals surface area contributed by atoms with E-state index in [0.29, 0.717) is 6.54 Å². The molecule has 0 bridgehead atoms. The zero-order valence-corrected chi connectivity index (χ0v) is 17.3. The van der Waals surface area contributed by atoms with Crippen molar-refractivity contribution in [2.45, 2.75) is 38.5 Å². The average molecular weight is 407 g/mol. The molecule has 1 aromatic rings. The molecule has 3 aliphatic rings. The summed E-state index contributed by atoms with van der Waals surface area (Å²) in [5, 5.41) is 0. The van der Waals surface area contributed by atoms with Crippen molar-refractivity contribution in [2.75, 3.05) is 44.2 Å². The van der Waals surface area contributed by atoms with Crippen LogP contribution in [0.2, 0.25) is 0 Å². The van der Waals surface area contributed by atoms with Gasteiger partial charge < -0.3 is 4.90 Å². The fourth-order valence-electron chi connectivity index (χ4n) is 4.80. The smallest absolute Gasteiger partial charge is 0.233 e. The molecule has 1 saturated carbocycles. The van der Waals surface area contributed by atoms with Crippen LogP contribution in [-0.2, 0) is 9.59 Å². The van der Waals surface area contributed by atoms with Crippen LogP contribution < -0.4 is 4.90 Å². The summed E-state index contributed by atoms with van der Waals surface area (Å²) in [5.74, 6) is 1.25. The van der Waals surface area contributed by atoms with Gasteiger partial charge in [-0.05, 0) is 44.4 Å². The van der Waals surface area contributed by atoms with E-state index in [-0.39, 0.29) is 36.1 Å². The minimum atomic E-state index is -0.00840. The Labute approximate surface area is 173 Å². The van der Waals surface area contributed by atoms with Crippen molar-refractivity contribution in [3.8, 4) is 0 Å². The van der Waals surface area contributed by atoms with Crippen LogP contribution in [0.4, 0.5) is 5.82 Å². The fourth-order valence-corrected chi connectivity index (χ4v) is 4.80. The molecule has 28 heavy (non-hydrogen) atoms. The number of pyridine rings is 1. The number of fused-ring (bicyclic) bond motifs is 1. The van der Waals surface area contributed by atoms with Crippen LogP contribution in [0.15, 0.2) is 24.4 Å². The van der Waals surface area contributed by atoms with Gasteiger partial charge in [-0.25, -0.2) is 4.98 Å². The molecule has 1 aromatic heterocycles. The van der Waals surface area contributed by atoms with Crippen LogP contribution in [0.5, 0.6) is 0 Å². The van der Waals surface area contributed by atoms with Crippen LogP contribution in [-0.4, -0.2) is 65.9 Å². The Balaban J connectivity index is 0.00000225. The van der Waals surface area contributed by atoms with Crippen molar-refractivity contribution in [1.29, 1.82) is 0 Å². The Kier molecular flexibility index (Phi) is 7.30. The highest BCUT2D eigenvalue weighted by atomic mass is 35.5. The number of halogens is 1. The first-order chi connectivity index (χ1) is 13.2. The number of imide groups is 1. The maximum Gasteiger partial charge on any atom is 0.233 e. The van der Waals surface area contributed by atoms with E-state index < -0.39 is 0 Å². The largest absolute Gasteiger partial charge is 0.354 e. The molecular formula is C21H31ClN4O2. The monoisotopic (exact) mass is 406 g/mol. The zero-order chi connectivity index (χ0) is 18.6. The van der Waals surface area contributed by atoms with Gasteiger partial charge in [0.2, 0.25) is 11.8 Å². The molecule has 6 nitrogen and oxygen atoms in total. The molecule has 0 radical (unpaired) electrons. The summed E-state index contributed by atoms with van der Waals surface area (Å²) in [6.45, 7) is 5.75. The molecule has 2 aliphatic heterocycles. The Hall–Kier alpha value is -1.66. The molecule has 0 N–H and O–H groups in total. The van der Waals surface area contributed by atoms with E-state index in [1.807, 2.05) is 18.3 Å². The first-order valence-corrected chi connectivity index (χ1v) is 10.5. The zero-order valence-electron chi connectivity index (χ0n) is 16.5. The van der Waals surface area contributed by atoms with Crippen LogP contribution in [0, 0.1) is 11.8 Å². The molecule has 7 heteroatoms. The molecule has 2 unspecified atom stereocenters. The molecule has 1 aliphatic carbocycles. The predicted octanol–water partition coefficient (Wildman–Crippen LogP) is 2.58. The molecule has 3 heterocycles. The highest BCUT2D eigenvalue weighted by Crippen LogP contribution is 2.38. The quantitative estimate of drug-likeness (QED) is 0.536. The van der Waals surface area contributed by atoms with Crippen LogP contribution in [0.3, 0.4) is 0 Å². The van der Waals surface area contributed by atoms with Gasteiger partial charge in [-0.1, -0.05) is 18.9 Å². The summed E-state index contributed by atoms with van der Waals surface area (Å²) in [6.07, 6.45) is 7.81. The summed E-state index contributed by atoms with van der Waals surface area (Å²) in [5.41, 5.74) is 0. The second-order valence-electron chi connectivity index (χ2n) is 8.05. The number of aromatic nitrogens is 1. The number of amides is 2. The lowest BCUT2D eigenvalue weighted by Crippen LogP contribution is -2.47. The molecule has 2 amide bonds. The molecule has 0 aromatic carbocycles. The Morgan fingerprint density at radius 3 is 2.14 bits per heavy atom. The summed E-state index contributed by atoms with van der Waals surface area (Å²) in [4.78, 5) is 35.8. The van der Waals surface area contributed by atoms with Crippen LogP contribution in [0.1, 0.15) is 38.5 Å². The maximum absolute atomic E-state index is 12.5. The predicted molar refractivity (Wildman–Crippen MR) is 112 cm³/mol. The van der Waals surface area contributed by atoms with E-state index in [0.717, 1.165) is 77.1 Å². The molecule has 2 saturated heterocycles. The molecule has 4 rings (SSSR count). The van der Waals surface area contributed by atoms with Gasteiger partial charge in [-0.2, -0.15) is 0 Å². The number of anilines is 1. The van der Waals surface area contributed by atoms with Gasteiger partial charge in [0.1, 0.15) is 5.82 Å². The van der Waals surface area contributed by atoms with Gasteiger partial charge in [-0.3, -0.25) is 19.4 Å². The number of hydrogen-bond donors (Lipinski definition) is 0. The number of piperazine rings is 1. The second kappa shape index (κ2) is 9.70. The Morgan fingerprint density at radius 2 is 1.54 bits per heavy atom. The van der Waals surface area contributed by atoms with E-state index >= 15 is 0 Å². The normalized spacial score (nSPS) is 25.6. The van der Waals surface area contributed by atoms with Crippen molar-refractivity contribution in [3.63, 3.8) is 0 Å². The molecule has 2 atom stereocenters. The van der Waals surface area contributed by atoms with Crippen LogP contribution >= 0.6 is 12.4 Å². The van der Waals surface area contributed by atoms with Gasteiger partial charge in [0.15, 0.2) is 0 Å². The summed E-state index contributed by atoms with van der Waals surface area (Å²) in [6, 6.07) is 6.05. The number of unbranched alkanes of at least 4 members (excludes halogenated alkanes) is 1. The lowest BCUT2D eigenvalue weighted by molar-refractivity contribution is -0.140. The lowest BCUT2D eigenvalue weighted by Gasteiger charge is -2.35. The SMILES string of the molecule is Cl.O=C1C2CCCCC2C(=O)N1CCCCN1CCN(c2ccccn2)CC1. The molecule has 154 valence electrons. The highest BCUT2D eigenvalue weighted by molar-refractivity contribution is 6.05. The third kappa shape index (κ3) is 4.49. The Bertz CT molecular complexity index is 640. The average Bonchev–Trinajstić information content (AvgIpc) is 2.97. The third-order valence-corrected chi connectivity index (χ3v) is 6.38. The number of rotatable bonds is 6. The van der Waals surface area contributed by atoms with E-state index in [9.17, 15) is 9.59 Å². The van der Waals surface area contributed by atoms with Gasteiger partial charge >= 0.3 is 0 Å². The minimum Gasteiger partial charge on any atom is -0.354 e. The number of likely N-dealkylation sites (tertiary alicyclic amines) is 1. The highest BCUT2D eigenvalue weighted by Gasteiger charge is 2.47. The van der Waals surface area contributed by atoms with E-state index in [2.05, 4.69) is 20.9 Å². The van der Waals surface area contributed by atoms with Gasteiger partial charge in [-0.15, -0.1) is 12.4 Å². The van der Waals surface area contributed by atoms with Crippen molar-refractivity contribution in [2.24, 2.45) is 11.8 Å². The van der Waals surface area contributed by atoms with E-state index in [1.54, 1.807) is 4.90 Å². The maximum atomic E-state index is 12.5. The number of hydrogen-bond acceptors (Lipinski definition) is 5. The summed E-state index contributed by atoms with van der Waals surface area (Å²) in [7, 11) is 0. The van der Waals surface area contributed by atoms with E-state index in [1.165, 1.54) is 0 Å². The van der Waals surface area contributed by atoms with Crippen molar-refractivity contribution in [3.05, 3.63) is 24.4 Å². The fraction of sp³-hybridized carbons (Fsp3) is 0.667. The first-order valence-electron chi connectivity index (χ1n) is 10.5. The second-order valence-corrected chi connectivity index (χ2v) is 8.05. The number of carbonyl (C=O) groups excluding carboxylic acids is 2. The molecule has 3 fully saturated rings. The summed E-state index contributed by atoms with van der Waals surface area (Å²) >= 11 is 0. The van der Waals surface area contributed by atoms with Crippen molar-refractivity contribution in [1.82, 2.24) is 14.8 Å².